The van der Waals surface area contributed by atoms with Gasteiger partial charge in [-0.25, -0.2) is 4.98 Å². The second kappa shape index (κ2) is 7.08. The Morgan fingerprint density at radius 1 is 1.27 bits per heavy atom. The number of aryl methyl sites for hydroxylation is 1. The topological polar surface area (TPSA) is 60.0 Å². The third-order valence-electron chi connectivity index (χ3n) is 4.39. The van der Waals surface area contributed by atoms with Crippen LogP contribution < -0.4 is 0 Å². The van der Waals surface area contributed by atoms with E-state index in [2.05, 4.69) is 30.7 Å². The summed E-state index contributed by atoms with van der Waals surface area (Å²) in [7, 11) is 0. The van der Waals surface area contributed by atoms with E-state index in [9.17, 15) is 0 Å². The summed E-state index contributed by atoms with van der Waals surface area (Å²) in [5, 5.41) is 0. The average Bonchev–Trinajstić information content (AvgIpc) is 3.19. The largest absolute Gasteiger partial charge is 0.469 e. The van der Waals surface area contributed by atoms with Crippen molar-refractivity contribution >= 4 is 5.57 Å². The number of H-pyrrole nitrogens is 1. The van der Waals surface area contributed by atoms with Crippen LogP contribution in [0.2, 0.25) is 0 Å². The molecule has 2 aromatic heterocycles. The number of imidazole rings is 1. The Balaban J connectivity index is 2.14. The van der Waals surface area contributed by atoms with E-state index < -0.39 is 0 Å². The molecule has 1 fully saturated rings. The molecule has 0 aliphatic carbocycles. The summed E-state index contributed by atoms with van der Waals surface area (Å²) >= 11 is 0. The predicted molar refractivity (Wildman–Crippen MR) is 103 cm³/mol. The Morgan fingerprint density at radius 2 is 2.04 bits per heavy atom. The maximum absolute atomic E-state index is 5.60. The highest BCUT2D eigenvalue weighted by Gasteiger charge is 2.25. The van der Waals surface area contributed by atoms with Gasteiger partial charge in [0.05, 0.1) is 17.1 Å². The quantitative estimate of drug-likeness (QED) is 0.864. The van der Waals surface area contributed by atoms with Crippen LogP contribution in [-0.2, 0) is 14.9 Å². The van der Waals surface area contributed by atoms with Gasteiger partial charge >= 0.3 is 0 Å². The van der Waals surface area contributed by atoms with Gasteiger partial charge in [0.1, 0.15) is 17.7 Å². The van der Waals surface area contributed by atoms with Crippen molar-refractivity contribution in [3.63, 3.8) is 0 Å². The monoisotopic (exact) mass is 353 g/mol. The lowest BCUT2D eigenvalue weighted by atomic mass is 9.96. The Kier molecular flexibility index (Phi) is 5.01. The molecule has 5 nitrogen and oxygen atoms in total. The van der Waals surface area contributed by atoms with Crippen molar-refractivity contribution in [3.05, 3.63) is 53.3 Å². The molecule has 2 aromatic rings. The van der Waals surface area contributed by atoms with Crippen LogP contribution in [0.4, 0.5) is 0 Å². The van der Waals surface area contributed by atoms with E-state index in [0.29, 0.717) is 6.79 Å². The summed E-state index contributed by atoms with van der Waals surface area (Å²) in [6, 6.07) is 6.02. The lowest BCUT2D eigenvalue weighted by Gasteiger charge is -2.14. The molecule has 0 bridgehead atoms. The standard InChI is InChI=1S/C21H27N3O2/c1-7-15(11-17-14(3)25-12-26-17)18-19(16-10-8-9-13(2)22-16)24-20(23-18)21(4,5)6/h7-11,14H,12H2,1-6H3,(H,23,24)/b15-7?,17-11+. The van der Waals surface area contributed by atoms with Crippen molar-refractivity contribution in [3.8, 4) is 11.4 Å². The smallest absolute Gasteiger partial charge is 0.189 e. The van der Waals surface area contributed by atoms with Crippen molar-refractivity contribution in [2.75, 3.05) is 6.79 Å². The highest BCUT2D eigenvalue weighted by molar-refractivity contribution is 5.81. The van der Waals surface area contributed by atoms with Crippen LogP contribution in [0, 0.1) is 6.92 Å². The highest BCUT2D eigenvalue weighted by atomic mass is 16.7. The SMILES string of the molecule is CC=C(/C=C1/OCOC1C)c1nc(C(C)(C)C)[nH]c1-c1cccc(C)n1. The number of allylic oxidation sites excluding steroid dienone is 3. The van der Waals surface area contributed by atoms with Crippen LogP contribution in [0.25, 0.3) is 17.0 Å². The van der Waals surface area contributed by atoms with E-state index in [1.165, 1.54) is 0 Å². The molecule has 0 amide bonds. The number of rotatable bonds is 3. The van der Waals surface area contributed by atoms with Gasteiger partial charge in [-0.05, 0) is 39.0 Å². The first-order valence-electron chi connectivity index (χ1n) is 8.97. The third kappa shape index (κ3) is 3.73. The summed E-state index contributed by atoms with van der Waals surface area (Å²) < 4.78 is 11.1. The number of ether oxygens (including phenoxy) is 2. The number of aromatic amines is 1. The predicted octanol–water partition coefficient (Wildman–Crippen LogP) is 4.76. The minimum Gasteiger partial charge on any atom is -0.469 e. The summed E-state index contributed by atoms with van der Waals surface area (Å²) in [5.74, 6) is 1.75. The van der Waals surface area contributed by atoms with Gasteiger partial charge in [-0.1, -0.05) is 32.9 Å². The summed E-state index contributed by atoms with van der Waals surface area (Å²) in [4.78, 5) is 13.1. The second-order valence-corrected chi connectivity index (χ2v) is 7.59. The van der Waals surface area contributed by atoms with Gasteiger partial charge in [0, 0.05) is 16.7 Å². The first-order valence-corrected chi connectivity index (χ1v) is 8.97. The van der Waals surface area contributed by atoms with Gasteiger partial charge < -0.3 is 14.5 Å². The molecule has 1 saturated heterocycles. The summed E-state index contributed by atoms with van der Waals surface area (Å²) in [5.41, 5.74) is 4.56. The Morgan fingerprint density at radius 3 is 2.62 bits per heavy atom. The molecule has 26 heavy (non-hydrogen) atoms. The van der Waals surface area contributed by atoms with Gasteiger partial charge in [0.15, 0.2) is 6.79 Å². The van der Waals surface area contributed by atoms with Crippen molar-refractivity contribution in [1.29, 1.82) is 0 Å². The van der Waals surface area contributed by atoms with Crippen molar-refractivity contribution in [2.45, 2.75) is 53.1 Å². The van der Waals surface area contributed by atoms with Crippen LogP contribution in [0.3, 0.4) is 0 Å². The zero-order valence-electron chi connectivity index (χ0n) is 16.4. The number of hydrogen-bond acceptors (Lipinski definition) is 4. The Hall–Kier alpha value is -2.40. The molecule has 5 heteroatoms. The van der Waals surface area contributed by atoms with Crippen molar-refractivity contribution in [1.82, 2.24) is 15.0 Å². The molecular weight excluding hydrogens is 326 g/mol. The molecule has 1 unspecified atom stereocenters. The molecule has 0 spiro atoms. The van der Waals surface area contributed by atoms with Crippen LogP contribution >= 0.6 is 0 Å². The van der Waals surface area contributed by atoms with E-state index in [1.807, 2.05) is 51.1 Å². The maximum Gasteiger partial charge on any atom is 0.189 e. The van der Waals surface area contributed by atoms with Crippen molar-refractivity contribution in [2.24, 2.45) is 0 Å². The normalized spacial score (nSPS) is 19.8. The third-order valence-corrected chi connectivity index (χ3v) is 4.39. The van der Waals surface area contributed by atoms with Gasteiger partial charge in [-0.15, -0.1) is 0 Å². The molecule has 0 saturated carbocycles. The lowest BCUT2D eigenvalue weighted by Crippen LogP contribution is -2.13. The molecule has 0 radical (unpaired) electrons. The number of aromatic nitrogens is 3. The fraction of sp³-hybridized carbons (Fsp3) is 0.429. The van der Waals surface area contributed by atoms with Crippen LogP contribution in [0.5, 0.6) is 0 Å². The molecule has 3 rings (SSSR count). The molecule has 3 heterocycles. The molecule has 1 aliphatic rings. The lowest BCUT2D eigenvalue weighted by molar-refractivity contribution is 0.0553. The van der Waals surface area contributed by atoms with E-state index in [1.54, 1.807) is 0 Å². The fourth-order valence-electron chi connectivity index (χ4n) is 2.81. The average molecular weight is 353 g/mol. The minimum absolute atomic E-state index is 0.0495. The number of nitrogens with zero attached hydrogens (tertiary/aromatic N) is 2. The van der Waals surface area contributed by atoms with E-state index in [0.717, 1.165) is 39.9 Å². The molecule has 1 atom stereocenters. The molecule has 0 aromatic carbocycles. The van der Waals surface area contributed by atoms with Crippen molar-refractivity contribution < 1.29 is 9.47 Å². The zero-order chi connectivity index (χ0) is 18.9. The Labute approximate surface area is 155 Å². The first-order chi connectivity index (χ1) is 12.3. The first kappa shape index (κ1) is 18.4. The zero-order valence-corrected chi connectivity index (χ0v) is 16.4. The van der Waals surface area contributed by atoms with Crippen LogP contribution in [0.15, 0.2) is 36.1 Å². The second-order valence-electron chi connectivity index (χ2n) is 7.59. The maximum atomic E-state index is 5.60. The van der Waals surface area contributed by atoms with Gasteiger partial charge in [-0.2, -0.15) is 0 Å². The summed E-state index contributed by atoms with van der Waals surface area (Å²) in [6.07, 6.45) is 4.01. The van der Waals surface area contributed by atoms with Gasteiger partial charge in [-0.3, -0.25) is 4.98 Å². The fourth-order valence-corrected chi connectivity index (χ4v) is 2.81. The highest BCUT2D eigenvalue weighted by Crippen LogP contribution is 2.32. The number of nitrogens with one attached hydrogen (secondary N) is 1. The van der Waals surface area contributed by atoms with Gasteiger partial charge in [0.25, 0.3) is 0 Å². The molecule has 1 aliphatic heterocycles. The van der Waals surface area contributed by atoms with E-state index in [4.69, 9.17) is 14.5 Å². The van der Waals surface area contributed by atoms with Crippen LogP contribution in [0.1, 0.15) is 51.8 Å². The van der Waals surface area contributed by atoms with Crippen LogP contribution in [-0.4, -0.2) is 27.8 Å². The van der Waals surface area contributed by atoms with E-state index in [-0.39, 0.29) is 11.5 Å². The summed E-state index contributed by atoms with van der Waals surface area (Å²) in [6.45, 7) is 12.7. The van der Waals surface area contributed by atoms with E-state index >= 15 is 0 Å². The molecule has 138 valence electrons. The Bertz CT molecular complexity index is 856. The number of pyridine rings is 1. The molecule has 1 N–H and O–H groups in total. The minimum atomic E-state index is -0.0942. The molecular formula is C21H27N3O2. The number of hydrogen-bond donors (Lipinski definition) is 1. The van der Waals surface area contributed by atoms with Gasteiger partial charge in [0.2, 0.25) is 0 Å².